The molecular formula is C46H46F8N8O7S. The highest BCUT2D eigenvalue weighted by atomic mass is 32.1. The lowest BCUT2D eigenvalue weighted by Gasteiger charge is -2.35. The predicted molar refractivity (Wildman–Crippen MR) is 237 cm³/mol. The van der Waals surface area contributed by atoms with Crippen LogP contribution < -0.4 is 25.2 Å². The van der Waals surface area contributed by atoms with Crippen molar-refractivity contribution in [3.63, 3.8) is 0 Å². The Balaban J connectivity index is 1.04. The number of unbranched alkanes of at least 4 members (excludes halogenated alkanes) is 1. The van der Waals surface area contributed by atoms with E-state index in [0.29, 0.717) is 48.6 Å². The molecule has 6 rings (SSSR count). The van der Waals surface area contributed by atoms with Gasteiger partial charge in [-0.2, -0.15) is 31.6 Å². The Morgan fingerprint density at radius 2 is 1.73 bits per heavy atom. The highest BCUT2D eigenvalue weighted by Gasteiger charge is 2.52. The molecular weight excluding hydrogens is 961 g/mol. The van der Waals surface area contributed by atoms with Crippen molar-refractivity contribution < 1.29 is 68.2 Å². The number of carbonyl (C=O) groups excluding carboxylic acids is 4. The number of anilines is 2. The second-order valence-electron chi connectivity index (χ2n) is 17.8. The zero-order valence-corrected chi connectivity index (χ0v) is 39.0. The van der Waals surface area contributed by atoms with Crippen molar-refractivity contribution in [2.75, 3.05) is 36.2 Å². The number of pyridine rings is 1. The molecule has 2 aromatic carbocycles. The number of nitriles is 1. The van der Waals surface area contributed by atoms with E-state index in [9.17, 15) is 45.5 Å². The SMILES string of the molecule is CC(C)(C)C(NC(=O)COCCCCOc1ccc(-c2ncc(N3C(=S)N(c4ccc(C#N)c(C(F)(F)F)c4F)C(=O)C3(C)C)cc2F)c(C(F)(F)F)c1)C(=O)N1CCCC1C(=O)NCc1cnco1. The first-order valence-corrected chi connectivity index (χ1v) is 22.0. The number of aromatic nitrogens is 2. The van der Waals surface area contributed by atoms with Gasteiger partial charge in [-0.1, -0.05) is 20.8 Å². The number of likely N-dealkylation sites (tertiary alicyclic amines) is 1. The van der Waals surface area contributed by atoms with Gasteiger partial charge in [-0.15, -0.1) is 0 Å². The maximum Gasteiger partial charge on any atom is 0.420 e. The number of rotatable bonds is 16. The standard InChI is InChI=1S/C46H46F8N8O7S/c1-43(2,3)38(40(65)60-14-8-9-33(60)39(64)58-22-28-21-56-24-69-28)59-34(63)23-67-15-6-7-16-68-27-11-12-29(30(18-27)45(49,50)51)37-31(47)17-26(20-57-37)62-42(70)61(41(66)44(62,4)5)32-13-10-25(19-55)35(36(32)48)46(52,53)54/h10-13,17-18,20-21,24,33,38H,6-9,14-16,22-23H2,1-5H3,(H,58,64)(H,59,63). The second kappa shape index (κ2) is 20.7. The van der Waals surface area contributed by atoms with Crippen LogP contribution in [0.3, 0.4) is 0 Å². The van der Waals surface area contributed by atoms with Crippen LogP contribution in [0, 0.1) is 28.4 Å². The molecule has 2 unspecified atom stereocenters. The van der Waals surface area contributed by atoms with Crippen LogP contribution in [0.1, 0.15) is 82.8 Å². The summed E-state index contributed by atoms with van der Waals surface area (Å²) >= 11 is 5.37. The first kappa shape index (κ1) is 52.6. The first-order chi connectivity index (χ1) is 32.8. The zero-order valence-electron chi connectivity index (χ0n) is 38.2. The van der Waals surface area contributed by atoms with E-state index in [4.69, 9.17) is 31.4 Å². The second-order valence-corrected chi connectivity index (χ2v) is 18.2. The van der Waals surface area contributed by atoms with E-state index in [1.165, 1.54) is 43.5 Å². The number of carbonyl (C=O) groups is 4. The van der Waals surface area contributed by atoms with Crippen molar-refractivity contribution >= 4 is 52.3 Å². The number of benzene rings is 2. The molecule has 2 aliphatic heterocycles. The number of ether oxygens (including phenoxy) is 2. The summed E-state index contributed by atoms with van der Waals surface area (Å²) in [6.45, 7) is 7.79. The van der Waals surface area contributed by atoms with Crippen LogP contribution in [0.25, 0.3) is 11.3 Å². The maximum atomic E-state index is 15.9. The monoisotopic (exact) mass is 1010 g/mol. The van der Waals surface area contributed by atoms with Crippen LogP contribution >= 0.6 is 12.2 Å². The highest BCUT2D eigenvalue weighted by molar-refractivity contribution is 7.81. The van der Waals surface area contributed by atoms with Crippen LogP contribution in [0.2, 0.25) is 0 Å². The molecule has 2 aliphatic rings. The number of thiocarbonyl (C=S) groups is 1. The number of halogens is 8. The Hall–Kier alpha value is -6.74. The molecule has 2 aromatic heterocycles. The van der Waals surface area contributed by atoms with Crippen LogP contribution in [-0.4, -0.2) is 87.6 Å². The molecule has 24 heteroatoms. The van der Waals surface area contributed by atoms with E-state index in [-0.39, 0.29) is 43.5 Å². The van der Waals surface area contributed by atoms with Gasteiger partial charge in [-0.05, 0) is 87.5 Å². The largest absolute Gasteiger partial charge is 0.494 e. The zero-order chi connectivity index (χ0) is 51.5. The molecule has 2 atom stereocenters. The van der Waals surface area contributed by atoms with Crippen LogP contribution in [0.5, 0.6) is 5.75 Å². The van der Waals surface area contributed by atoms with Gasteiger partial charge in [0.15, 0.2) is 23.1 Å². The summed E-state index contributed by atoms with van der Waals surface area (Å²) < 4.78 is 132. The van der Waals surface area contributed by atoms with Crippen LogP contribution in [0.15, 0.2) is 59.6 Å². The third-order valence-electron chi connectivity index (χ3n) is 11.4. The van der Waals surface area contributed by atoms with Gasteiger partial charge >= 0.3 is 12.4 Å². The molecule has 0 aliphatic carbocycles. The van der Waals surface area contributed by atoms with Gasteiger partial charge in [0, 0.05) is 24.8 Å². The third-order valence-corrected chi connectivity index (χ3v) is 11.8. The first-order valence-electron chi connectivity index (χ1n) is 21.6. The number of hydrogen-bond acceptors (Lipinski definition) is 11. The lowest BCUT2D eigenvalue weighted by molar-refractivity contribution is -0.144. The van der Waals surface area contributed by atoms with Gasteiger partial charge in [0.25, 0.3) is 5.91 Å². The molecule has 0 bridgehead atoms. The minimum atomic E-state index is -5.33. The summed E-state index contributed by atoms with van der Waals surface area (Å²) in [6.07, 6.45) is -5.16. The molecule has 2 fully saturated rings. The molecule has 15 nitrogen and oxygen atoms in total. The van der Waals surface area contributed by atoms with Gasteiger partial charge in [-0.3, -0.25) is 29.1 Å². The fourth-order valence-electron chi connectivity index (χ4n) is 7.95. The van der Waals surface area contributed by atoms with E-state index in [1.807, 2.05) is 0 Å². The molecule has 0 spiro atoms. The van der Waals surface area contributed by atoms with Crippen molar-refractivity contribution in [2.24, 2.45) is 5.41 Å². The smallest absolute Gasteiger partial charge is 0.420 e. The Labute approximate surface area is 401 Å². The van der Waals surface area contributed by atoms with Crippen molar-refractivity contribution in [2.45, 2.75) is 96.8 Å². The van der Waals surface area contributed by atoms with E-state index in [0.717, 1.165) is 29.3 Å². The molecule has 2 N–H and O–H groups in total. The number of amides is 4. The number of nitrogens with one attached hydrogen (secondary N) is 2. The summed E-state index contributed by atoms with van der Waals surface area (Å²) in [5.41, 5.74) is -9.52. The van der Waals surface area contributed by atoms with Gasteiger partial charge in [0.1, 0.15) is 47.0 Å². The molecule has 4 heterocycles. The van der Waals surface area contributed by atoms with E-state index < -0.39 is 110 Å². The van der Waals surface area contributed by atoms with E-state index >= 15 is 8.78 Å². The van der Waals surface area contributed by atoms with Crippen LogP contribution in [0.4, 0.5) is 46.5 Å². The number of hydrogen-bond donors (Lipinski definition) is 2. The van der Waals surface area contributed by atoms with Crippen molar-refractivity contribution in [3.05, 3.63) is 89.3 Å². The lowest BCUT2D eigenvalue weighted by Crippen LogP contribution is -2.58. The lowest BCUT2D eigenvalue weighted by atomic mass is 9.85. The summed E-state index contributed by atoms with van der Waals surface area (Å²) in [4.78, 5) is 63.8. The van der Waals surface area contributed by atoms with Crippen molar-refractivity contribution in [3.8, 4) is 23.1 Å². The number of oxazole rings is 1. The maximum absolute atomic E-state index is 15.9. The van der Waals surface area contributed by atoms with Crippen LogP contribution in [-0.2, 0) is 42.8 Å². The molecule has 0 radical (unpaired) electrons. The quantitative estimate of drug-likeness (QED) is 0.0631. The molecule has 4 aromatic rings. The fourth-order valence-corrected chi connectivity index (χ4v) is 8.47. The van der Waals surface area contributed by atoms with Gasteiger partial charge in [-0.25, -0.2) is 13.8 Å². The minimum Gasteiger partial charge on any atom is -0.494 e. The summed E-state index contributed by atoms with van der Waals surface area (Å²) in [7, 11) is 0. The molecule has 70 heavy (non-hydrogen) atoms. The highest BCUT2D eigenvalue weighted by Crippen LogP contribution is 2.44. The molecule has 374 valence electrons. The average Bonchev–Trinajstić information content (AvgIpc) is 4.03. The minimum absolute atomic E-state index is 0.0506. The molecule has 0 saturated carbocycles. The predicted octanol–water partition coefficient (Wildman–Crippen LogP) is 7.85. The Morgan fingerprint density at radius 1 is 1.01 bits per heavy atom. The Kier molecular flexibility index (Phi) is 15.6. The fraction of sp³-hybridized carbons (Fsp3) is 0.435. The van der Waals surface area contributed by atoms with Gasteiger partial charge in [0.05, 0.1) is 54.1 Å². The molecule has 4 amide bonds. The Bertz CT molecular complexity index is 2690. The number of nitrogens with zero attached hydrogens (tertiary/aromatic N) is 6. The summed E-state index contributed by atoms with van der Waals surface area (Å²) in [5, 5.41) is 14.0. The van der Waals surface area contributed by atoms with E-state index in [1.54, 1.807) is 20.8 Å². The Morgan fingerprint density at radius 3 is 2.36 bits per heavy atom. The topological polar surface area (TPSA) is 183 Å². The average molecular weight is 1010 g/mol. The van der Waals surface area contributed by atoms with E-state index in [2.05, 4.69) is 20.6 Å². The van der Waals surface area contributed by atoms with Gasteiger partial charge in [0.2, 0.25) is 17.7 Å². The third kappa shape index (κ3) is 11.3. The summed E-state index contributed by atoms with van der Waals surface area (Å²) in [5.74, 6) is -5.45. The normalized spacial score (nSPS) is 16.6. The van der Waals surface area contributed by atoms with Crippen molar-refractivity contribution in [1.29, 1.82) is 5.26 Å². The van der Waals surface area contributed by atoms with Gasteiger partial charge < -0.3 is 34.3 Å². The molecule has 2 saturated heterocycles. The number of alkyl halides is 6. The van der Waals surface area contributed by atoms with Crippen molar-refractivity contribution in [1.82, 2.24) is 25.5 Å². The summed E-state index contributed by atoms with van der Waals surface area (Å²) in [6, 6.07) is 4.43.